The van der Waals surface area contributed by atoms with E-state index in [1.807, 2.05) is 6.07 Å². The van der Waals surface area contributed by atoms with Crippen molar-refractivity contribution >= 4 is 5.97 Å². The molecule has 0 aliphatic heterocycles. The van der Waals surface area contributed by atoms with Crippen LogP contribution in [-0.4, -0.2) is 17.7 Å². The van der Waals surface area contributed by atoms with Crippen LogP contribution in [-0.2, 0) is 11.2 Å². The molecule has 78 valence electrons. The zero-order chi connectivity index (χ0) is 11.3. The molecule has 0 fully saturated rings. The normalized spacial score (nSPS) is 9.33. The van der Waals surface area contributed by atoms with Crippen molar-refractivity contribution in [1.29, 1.82) is 5.26 Å². The summed E-state index contributed by atoms with van der Waals surface area (Å²) in [4.78, 5) is 11.3. The lowest BCUT2D eigenvalue weighted by atomic mass is 10.1. The predicted octanol–water partition coefficient (Wildman–Crippen LogP) is 1.63. The fraction of sp³-hybridized carbons (Fsp3) is 0.273. The molecule has 0 aromatic heterocycles. The Morgan fingerprint density at radius 3 is 2.87 bits per heavy atom. The minimum Gasteiger partial charge on any atom is -0.507 e. The lowest BCUT2D eigenvalue weighted by Crippen LogP contribution is -2.05. The number of rotatable bonds is 3. The summed E-state index contributed by atoms with van der Waals surface area (Å²) in [5.41, 5.74) is 0.793. The van der Waals surface area contributed by atoms with Gasteiger partial charge < -0.3 is 9.84 Å². The molecule has 0 bridgehead atoms. The van der Waals surface area contributed by atoms with Crippen LogP contribution in [0, 0.1) is 11.3 Å². The van der Waals surface area contributed by atoms with Gasteiger partial charge in [-0.2, -0.15) is 5.26 Å². The number of ether oxygens (including phenoxy) is 1. The second-order valence-electron chi connectivity index (χ2n) is 2.91. The fourth-order valence-corrected chi connectivity index (χ4v) is 1.16. The minimum atomic E-state index is -0.557. The van der Waals surface area contributed by atoms with Gasteiger partial charge in [-0.05, 0) is 24.6 Å². The molecule has 0 saturated carbocycles. The van der Waals surface area contributed by atoms with Crippen molar-refractivity contribution in [2.24, 2.45) is 0 Å². The number of nitrogens with zero attached hydrogens (tertiary/aromatic N) is 1. The van der Waals surface area contributed by atoms with Crippen LogP contribution >= 0.6 is 0 Å². The molecule has 1 N–H and O–H groups in total. The number of carbonyl (C=O) groups is 1. The highest BCUT2D eigenvalue weighted by Crippen LogP contribution is 2.19. The third kappa shape index (κ3) is 2.71. The molecule has 4 nitrogen and oxygen atoms in total. The number of esters is 1. The number of nitriles is 1. The highest BCUT2D eigenvalue weighted by molar-refractivity contribution is 5.92. The van der Waals surface area contributed by atoms with E-state index in [4.69, 9.17) is 10.00 Å². The molecular weight excluding hydrogens is 194 g/mol. The number of hydrogen-bond acceptors (Lipinski definition) is 4. The smallest absolute Gasteiger partial charge is 0.341 e. The van der Waals surface area contributed by atoms with Crippen LogP contribution in [0.3, 0.4) is 0 Å². The van der Waals surface area contributed by atoms with Gasteiger partial charge in [-0.15, -0.1) is 0 Å². The number of hydrogen-bond donors (Lipinski definition) is 1. The maximum Gasteiger partial charge on any atom is 0.341 e. The van der Waals surface area contributed by atoms with Crippen molar-refractivity contribution in [3.8, 4) is 11.8 Å². The second-order valence-corrected chi connectivity index (χ2v) is 2.91. The summed E-state index contributed by atoms with van der Waals surface area (Å²) in [6.07, 6.45) is 0.205. The van der Waals surface area contributed by atoms with Gasteiger partial charge in [-0.25, -0.2) is 4.79 Å². The first-order valence-corrected chi connectivity index (χ1v) is 4.55. The molecule has 1 rings (SSSR count). The first-order valence-electron chi connectivity index (χ1n) is 4.55. The number of phenolic OH excluding ortho intramolecular Hbond substituents is 1. The summed E-state index contributed by atoms with van der Waals surface area (Å²) in [6, 6.07) is 6.43. The van der Waals surface area contributed by atoms with Crippen LogP contribution in [0.15, 0.2) is 18.2 Å². The van der Waals surface area contributed by atoms with Crippen LogP contribution in [0.2, 0.25) is 0 Å². The van der Waals surface area contributed by atoms with Crippen molar-refractivity contribution in [1.82, 2.24) is 0 Å². The van der Waals surface area contributed by atoms with E-state index >= 15 is 0 Å². The Morgan fingerprint density at radius 1 is 1.60 bits per heavy atom. The Morgan fingerprint density at radius 2 is 2.33 bits per heavy atom. The Bertz CT molecular complexity index is 407. The van der Waals surface area contributed by atoms with E-state index in [9.17, 15) is 9.90 Å². The van der Waals surface area contributed by atoms with Crippen molar-refractivity contribution < 1.29 is 14.6 Å². The standard InChI is InChI=1S/C11H11NO3/c1-2-15-11(14)9-4-3-8(5-6-12)7-10(9)13/h3-4,7,13H,2,5H2,1H3. The lowest BCUT2D eigenvalue weighted by molar-refractivity contribution is 0.0523. The van der Waals surface area contributed by atoms with Gasteiger partial charge in [0.1, 0.15) is 11.3 Å². The SMILES string of the molecule is CCOC(=O)c1ccc(CC#N)cc1O. The molecule has 1 aromatic rings. The Kier molecular flexibility index (Phi) is 3.69. The molecule has 0 atom stereocenters. The molecule has 0 unspecified atom stereocenters. The lowest BCUT2D eigenvalue weighted by Gasteiger charge is -2.04. The van der Waals surface area contributed by atoms with Gasteiger partial charge >= 0.3 is 5.97 Å². The topological polar surface area (TPSA) is 70.3 Å². The minimum absolute atomic E-state index is 0.124. The monoisotopic (exact) mass is 205 g/mol. The maximum atomic E-state index is 11.3. The molecule has 4 heteroatoms. The highest BCUT2D eigenvalue weighted by Gasteiger charge is 2.11. The van der Waals surface area contributed by atoms with Crippen LogP contribution in [0.25, 0.3) is 0 Å². The predicted molar refractivity (Wildman–Crippen MR) is 53.4 cm³/mol. The van der Waals surface area contributed by atoms with Crippen LogP contribution in [0.5, 0.6) is 5.75 Å². The Hall–Kier alpha value is -2.02. The Balaban J connectivity index is 2.93. The molecular formula is C11H11NO3. The molecule has 0 amide bonds. The van der Waals surface area contributed by atoms with E-state index in [1.165, 1.54) is 12.1 Å². The molecule has 0 radical (unpaired) electrons. The molecule has 0 saturated heterocycles. The zero-order valence-corrected chi connectivity index (χ0v) is 8.36. The summed E-state index contributed by atoms with van der Waals surface area (Å²) in [5, 5.41) is 18.0. The highest BCUT2D eigenvalue weighted by atomic mass is 16.5. The van der Waals surface area contributed by atoms with E-state index in [0.717, 1.165) is 0 Å². The van der Waals surface area contributed by atoms with E-state index < -0.39 is 5.97 Å². The van der Waals surface area contributed by atoms with Gasteiger partial charge in [0, 0.05) is 0 Å². The first kappa shape index (κ1) is 11.1. The van der Waals surface area contributed by atoms with E-state index in [1.54, 1.807) is 13.0 Å². The quantitative estimate of drug-likeness (QED) is 0.761. The number of aromatic hydroxyl groups is 1. The van der Waals surface area contributed by atoms with E-state index in [2.05, 4.69) is 0 Å². The number of benzene rings is 1. The average molecular weight is 205 g/mol. The van der Waals surface area contributed by atoms with Crippen molar-refractivity contribution in [2.45, 2.75) is 13.3 Å². The first-order chi connectivity index (χ1) is 7.19. The number of carbonyl (C=O) groups excluding carboxylic acids is 1. The third-order valence-electron chi connectivity index (χ3n) is 1.84. The van der Waals surface area contributed by atoms with Gasteiger partial charge in [0.15, 0.2) is 0 Å². The largest absolute Gasteiger partial charge is 0.507 e. The molecule has 0 aliphatic carbocycles. The van der Waals surface area contributed by atoms with Crippen LogP contribution < -0.4 is 0 Å². The molecule has 0 aliphatic rings. The summed E-state index contributed by atoms with van der Waals surface area (Å²) in [5.74, 6) is -0.709. The molecule has 0 heterocycles. The van der Waals surface area contributed by atoms with Crippen LogP contribution in [0.4, 0.5) is 0 Å². The molecule has 1 aromatic carbocycles. The fourth-order valence-electron chi connectivity index (χ4n) is 1.16. The van der Waals surface area contributed by atoms with E-state index in [0.29, 0.717) is 5.56 Å². The Labute approximate surface area is 87.7 Å². The summed E-state index contributed by atoms with van der Waals surface area (Å²) < 4.78 is 4.74. The van der Waals surface area contributed by atoms with Gasteiger partial charge in [0.25, 0.3) is 0 Å². The second kappa shape index (κ2) is 5.01. The van der Waals surface area contributed by atoms with Crippen molar-refractivity contribution in [2.75, 3.05) is 6.61 Å². The zero-order valence-electron chi connectivity index (χ0n) is 8.36. The summed E-state index contributed by atoms with van der Waals surface area (Å²) in [7, 11) is 0. The number of phenols is 1. The van der Waals surface area contributed by atoms with Crippen molar-refractivity contribution in [3.05, 3.63) is 29.3 Å². The average Bonchev–Trinajstić information content (AvgIpc) is 2.18. The van der Waals surface area contributed by atoms with Crippen molar-refractivity contribution in [3.63, 3.8) is 0 Å². The molecule has 15 heavy (non-hydrogen) atoms. The third-order valence-corrected chi connectivity index (χ3v) is 1.84. The van der Waals surface area contributed by atoms with Crippen LogP contribution in [0.1, 0.15) is 22.8 Å². The van der Waals surface area contributed by atoms with E-state index in [-0.39, 0.29) is 24.3 Å². The maximum absolute atomic E-state index is 11.3. The van der Waals surface area contributed by atoms with Gasteiger partial charge in [-0.3, -0.25) is 0 Å². The summed E-state index contributed by atoms with van der Waals surface area (Å²) in [6.45, 7) is 1.96. The van der Waals surface area contributed by atoms with Gasteiger partial charge in [0.2, 0.25) is 0 Å². The van der Waals surface area contributed by atoms with Gasteiger partial charge in [0.05, 0.1) is 19.1 Å². The van der Waals surface area contributed by atoms with Gasteiger partial charge in [-0.1, -0.05) is 6.07 Å². The molecule has 0 spiro atoms. The summed E-state index contributed by atoms with van der Waals surface area (Å²) >= 11 is 0.